The van der Waals surface area contributed by atoms with Gasteiger partial charge in [0.1, 0.15) is 18.2 Å². The van der Waals surface area contributed by atoms with Crippen LogP contribution in [-0.4, -0.2) is 43.6 Å². The Kier molecular flexibility index (Phi) is 6.77. The van der Waals surface area contributed by atoms with Crippen LogP contribution in [0.1, 0.15) is 57.7 Å². The van der Waals surface area contributed by atoms with Crippen LogP contribution in [-0.2, 0) is 16.8 Å². The fraction of sp³-hybridized carbons (Fsp3) is 0.462. The topological polar surface area (TPSA) is 63.9 Å². The SMILES string of the molecule is CCN(C[C@@]1(C(C)C)CC[C@H](C)c2cc(-c3c(F)cccc3F)nnc21)C(=O)Cn1ccnc1. The molecule has 4 rings (SSSR count). The molecule has 1 amide bonds. The number of carbonyl (C=O) groups excluding carboxylic acids is 1. The minimum Gasteiger partial charge on any atom is -0.340 e. The average molecular weight is 468 g/mol. The van der Waals surface area contributed by atoms with Gasteiger partial charge in [0.25, 0.3) is 0 Å². The summed E-state index contributed by atoms with van der Waals surface area (Å²) < 4.78 is 30.7. The maximum atomic E-state index is 14.4. The Morgan fingerprint density at radius 3 is 2.62 bits per heavy atom. The lowest BCUT2D eigenvalue weighted by Gasteiger charge is -2.45. The van der Waals surface area contributed by atoms with Crippen molar-refractivity contribution < 1.29 is 13.6 Å². The second-order valence-corrected chi connectivity index (χ2v) is 9.52. The molecule has 0 saturated heterocycles. The molecule has 180 valence electrons. The van der Waals surface area contributed by atoms with Gasteiger partial charge in [-0.2, -0.15) is 10.2 Å². The molecule has 0 spiro atoms. The predicted octanol–water partition coefficient (Wildman–Crippen LogP) is 4.96. The summed E-state index contributed by atoms with van der Waals surface area (Å²) in [6, 6.07) is 5.58. The number of halogens is 2. The van der Waals surface area contributed by atoms with E-state index in [1.807, 2.05) is 11.8 Å². The Morgan fingerprint density at radius 1 is 1.26 bits per heavy atom. The number of amides is 1. The van der Waals surface area contributed by atoms with Crippen LogP contribution in [0.25, 0.3) is 11.3 Å². The van der Waals surface area contributed by atoms with Crippen LogP contribution in [0.4, 0.5) is 8.78 Å². The van der Waals surface area contributed by atoms with Gasteiger partial charge in [0, 0.05) is 30.9 Å². The Labute approximate surface area is 199 Å². The van der Waals surface area contributed by atoms with E-state index in [0.29, 0.717) is 13.1 Å². The molecule has 1 aliphatic rings. The third kappa shape index (κ3) is 4.33. The molecular formula is C26H31F2N5O. The Bertz CT molecular complexity index is 1140. The lowest BCUT2D eigenvalue weighted by molar-refractivity contribution is -0.133. The van der Waals surface area contributed by atoms with Gasteiger partial charge in [0.05, 0.1) is 23.3 Å². The second kappa shape index (κ2) is 9.60. The zero-order chi connectivity index (χ0) is 24.5. The number of hydrogen-bond acceptors (Lipinski definition) is 4. The quantitative estimate of drug-likeness (QED) is 0.493. The molecule has 0 N–H and O–H groups in total. The normalized spacial score (nSPS) is 19.8. The van der Waals surface area contributed by atoms with Crippen LogP contribution in [0, 0.1) is 17.6 Å². The molecular weight excluding hydrogens is 436 g/mol. The number of benzene rings is 1. The maximum absolute atomic E-state index is 14.4. The zero-order valence-electron chi connectivity index (χ0n) is 20.1. The Balaban J connectivity index is 1.73. The molecule has 34 heavy (non-hydrogen) atoms. The van der Waals surface area contributed by atoms with Gasteiger partial charge in [-0.1, -0.05) is 26.8 Å². The van der Waals surface area contributed by atoms with Crippen molar-refractivity contribution in [2.24, 2.45) is 5.92 Å². The van der Waals surface area contributed by atoms with Crippen molar-refractivity contribution in [1.29, 1.82) is 0 Å². The van der Waals surface area contributed by atoms with E-state index in [2.05, 4.69) is 36.0 Å². The average Bonchev–Trinajstić information content (AvgIpc) is 3.31. The van der Waals surface area contributed by atoms with Gasteiger partial charge in [-0.25, -0.2) is 13.8 Å². The van der Waals surface area contributed by atoms with Crippen molar-refractivity contribution >= 4 is 5.91 Å². The van der Waals surface area contributed by atoms with Gasteiger partial charge >= 0.3 is 0 Å². The highest BCUT2D eigenvalue weighted by Crippen LogP contribution is 2.47. The third-order valence-electron chi connectivity index (χ3n) is 7.26. The van der Waals surface area contributed by atoms with Crippen LogP contribution < -0.4 is 0 Å². The first kappa shape index (κ1) is 24.0. The van der Waals surface area contributed by atoms with Crippen molar-refractivity contribution in [2.45, 2.75) is 58.4 Å². The lowest BCUT2D eigenvalue weighted by Crippen LogP contribution is -2.50. The molecule has 1 aliphatic carbocycles. The molecule has 3 aromatic rings. The zero-order valence-corrected chi connectivity index (χ0v) is 20.1. The van der Waals surface area contributed by atoms with Crippen LogP contribution in [0.3, 0.4) is 0 Å². The van der Waals surface area contributed by atoms with Crippen molar-refractivity contribution in [3.8, 4) is 11.3 Å². The van der Waals surface area contributed by atoms with E-state index >= 15 is 0 Å². The Hall–Kier alpha value is -3.16. The molecule has 0 saturated carbocycles. The number of aromatic nitrogens is 4. The first-order valence-corrected chi connectivity index (χ1v) is 11.8. The van der Waals surface area contributed by atoms with E-state index in [1.54, 1.807) is 29.4 Å². The predicted molar refractivity (Wildman–Crippen MR) is 126 cm³/mol. The summed E-state index contributed by atoms with van der Waals surface area (Å²) in [5, 5.41) is 8.88. The van der Waals surface area contributed by atoms with E-state index in [9.17, 15) is 13.6 Å². The van der Waals surface area contributed by atoms with E-state index in [0.717, 1.165) is 24.1 Å². The van der Waals surface area contributed by atoms with Crippen molar-refractivity contribution in [3.05, 3.63) is 65.9 Å². The number of nitrogens with zero attached hydrogens (tertiary/aromatic N) is 5. The van der Waals surface area contributed by atoms with Crippen molar-refractivity contribution in [2.75, 3.05) is 13.1 Å². The fourth-order valence-electron chi connectivity index (χ4n) is 5.03. The second-order valence-electron chi connectivity index (χ2n) is 9.52. The van der Waals surface area contributed by atoms with Crippen LogP contribution in [0.2, 0.25) is 0 Å². The van der Waals surface area contributed by atoms with E-state index in [1.165, 1.54) is 18.2 Å². The summed E-state index contributed by atoms with van der Waals surface area (Å²) in [4.78, 5) is 19.0. The van der Waals surface area contributed by atoms with Gasteiger partial charge < -0.3 is 9.47 Å². The maximum Gasteiger partial charge on any atom is 0.242 e. The standard InChI is InChI=1S/C26H31F2N5O/c1-5-33(23(34)14-32-12-11-29-16-32)15-26(17(2)3)10-9-18(4)19-13-22(30-31-25(19)26)24-20(27)7-6-8-21(24)28/h6-8,11-13,16-18H,5,9-10,14-15H2,1-4H3/t18-,26+/m0/s1. The lowest BCUT2D eigenvalue weighted by atomic mass is 9.63. The minimum atomic E-state index is -0.657. The smallest absolute Gasteiger partial charge is 0.242 e. The van der Waals surface area contributed by atoms with Crippen LogP contribution in [0.15, 0.2) is 43.0 Å². The van der Waals surface area contributed by atoms with Crippen molar-refractivity contribution in [3.63, 3.8) is 0 Å². The summed E-state index contributed by atoms with van der Waals surface area (Å²) >= 11 is 0. The number of likely N-dealkylation sites (N-methyl/N-ethyl adjacent to an activating group) is 1. The highest BCUT2D eigenvalue weighted by atomic mass is 19.1. The first-order valence-electron chi connectivity index (χ1n) is 11.8. The molecule has 0 unspecified atom stereocenters. The van der Waals surface area contributed by atoms with Gasteiger partial charge in [-0.15, -0.1) is 0 Å². The highest BCUT2D eigenvalue weighted by molar-refractivity contribution is 5.76. The molecule has 0 fully saturated rings. The summed E-state index contributed by atoms with van der Waals surface area (Å²) in [5.41, 5.74) is 1.42. The number of imidazole rings is 1. The molecule has 0 radical (unpaired) electrons. The van der Waals surface area contributed by atoms with Crippen LogP contribution >= 0.6 is 0 Å². The minimum absolute atomic E-state index is 0.0127. The highest BCUT2D eigenvalue weighted by Gasteiger charge is 2.45. The molecule has 0 bridgehead atoms. The van der Waals surface area contributed by atoms with Gasteiger partial charge in [-0.3, -0.25) is 4.79 Å². The van der Waals surface area contributed by atoms with Crippen LogP contribution in [0.5, 0.6) is 0 Å². The fourth-order valence-corrected chi connectivity index (χ4v) is 5.03. The molecule has 1 aromatic carbocycles. The monoisotopic (exact) mass is 467 g/mol. The summed E-state index contributed by atoms with van der Waals surface area (Å²) in [7, 11) is 0. The summed E-state index contributed by atoms with van der Waals surface area (Å²) in [6.07, 6.45) is 6.81. The van der Waals surface area contributed by atoms with E-state index in [4.69, 9.17) is 0 Å². The van der Waals surface area contributed by atoms with Crippen molar-refractivity contribution in [1.82, 2.24) is 24.6 Å². The number of rotatable bonds is 7. The molecule has 0 aliphatic heterocycles. The van der Waals surface area contributed by atoms with Gasteiger partial charge in [0.2, 0.25) is 5.91 Å². The Morgan fingerprint density at radius 2 is 2.00 bits per heavy atom. The first-order chi connectivity index (χ1) is 16.3. The molecule has 6 nitrogen and oxygen atoms in total. The number of hydrogen-bond donors (Lipinski definition) is 0. The summed E-state index contributed by atoms with van der Waals surface area (Å²) in [6.45, 7) is 9.66. The van der Waals surface area contributed by atoms with E-state index in [-0.39, 0.29) is 35.5 Å². The van der Waals surface area contributed by atoms with Gasteiger partial charge in [0.15, 0.2) is 0 Å². The molecule has 2 aromatic heterocycles. The molecule has 2 atom stereocenters. The van der Waals surface area contributed by atoms with Gasteiger partial charge in [-0.05, 0) is 55.4 Å². The number of fused-ring (bicyclic) bond motifs is 1. The largest absolute Gasteiger partial charge is 0.340 e. The van der Waals surface area contributed by atoms with E-state index < -0.39 is 17.0 Å². The third-order valence-corrected chi connectivity index (χ3v) is 7.26. The molecule has 2 heterocycles. The summed E-state index contributed by atoms with van der Waals surface area (Å²) in [5.74, 6) is -0.953. The molecule has 8 heteroatoms. The number of carbonyl (C=O) groups is 1.